The summed E-state index contributed by atoms with van der Waals surface area (Å²) in [5.41, 5.74) is -0.875. The van der Waals surface area contributed by atoms with E-state index in [0.717, 1.165) is 0 Å². The normalized spacial score (nSPS) is 12.2. The van der Waals surface area contributed by atoms with Gasteiger partial charge in [-0.1, -0.05) is 0 Å². The minimum atomic E-state index is -3.78. The Kier molecular flexibility index (Phi) is 5.07. The molecule has 0 fully saturated rings. The van der Waals surface area contributed by atoms with Gasteiger partial charge in [0.05, 0.1) is 13.3 Å². The molecule has 0 atom stereocenters. The highest BCUT2D eigenvalue weighted by Gasteiger charge is 2.27. The van der Waals surface area contributed by atoms with Crippen molar-refractivity contribution in [1.82, 2.24) is 9.71 Å². The van der Waals surface area contributed by atoms with Crippen molar-refractivity contribution in [3.63, 3.8) is 0 Å². The molecule has 0 unspecified atom stereocenters. The highest BCUT2D eigenvalue weighted by molar-refractivity contribution is 7.89. The molecular weight excluding hydrogens is 284 g/mol. The van der Waals surface area contributed by atoms with Gasteiger partial charge in [0.2, 0.25) is 10.0 Å². The molecule has 1 aromatic heterocycles. The summed E-state index contributed by atoms with van der Waals surface area (Å²) in [5, 5.41) is 8.66. The van der Waals surface area contributed by atoms with Gasteiger partial charge in [-0.25, -0.2) is 13.1 Å². The quantitative estimate of drug-likeness (QED) is 0.778. The third-order valence-electron chi connectivity index (χ3n) is 2.61. The van der Waals surface area contributed by atoms with Crippen molar-refractivity contribution < 1.29 is 23.1 Å². The molecule has 1 rings (SSSR count). The minimum absolute atomic E-state index is 0.0275. The molecule has 112 valence electrons. The SMILES string of the molecule is COc1cncc(S(=O)(=O)NC(C)(C)CCC(=O)O)c1. The van der Waals surface area contributed by atoms with Gasteiger partial charge in [0.25, 0.3) is 0 Å². The Hall–Kier alpha value is -1.67. The number of carbonyl (C=O) groups is 1. The molecule has 0 aliphatic rings. The van der Waals surface area contributed by atoms with Crippen molar-refractivity contribution >= 4 is 16.0 Å². The first-order valence-corrected chi connectivity index (χ1v) is 7.39. The molecule has 7 nitrogen and oxygen atoms in total. The summed E-state index contributed by atoms with van der Waals surface area (Å²) in [6.45, 7) is 3.25. The van der Waals surface area contributed by atoms with Gasteiger partial charge in [0, 0.05) is 24.2 Å². The molecule has 0 saturated heterocycles. The Morgan fingerprint density at radius 3 is 2.65 bits per heavy atom. The van der Waals surface area contributed by atoms with Crippen LogP contribution in [0.1, 0.15) is 26.7 Å². The van der Waals surface area contributed by atoms with Gasteiger partial charge in [-0.15, -0.1) is 0 Å². The molecule has 1 heterocycles. The van der Waals surface area contributed by atoms with Crippen molar-refractivity contribution in [2.24, 2.45) is 0 Å². The number of hydrogen-bond donors (Lipinski definition) is 2. The van der Waals surface area contributed by atoms with Crippen molar-refractivity contribution in [3.05, 3.63) is 18.5 Å². The molecule has 1 aromatic rings. The predicted molar refractivity (Wildman–Crippen MR) is 72.1 cm³/mol. The fraction of sp³-hybridized carbons (Fsp3) is 0.500. The lowest BCUT2D eigenvalue weighted by Gasteiger charge is -2.25. The molecule has 0 saturated carbocycles. The first-order chi connectivity index (χ1) is 9.16. The van der Waals surface area contributed by atoms with Crippen LogP contribution in [0.15, 0.2) is 23.4 Å². The van der Waals surface area contributed by atoms with Gasteiger partial charge < -0.3 is 9.84 Å². The van der Waals surface area contributed by atoms with E-state index in [1.165, 1.54) is 25.6 Å². The fourth-order valence-electron chi connectivity index (χ4n) is 1.55. The van der Waals surface area contributed by atoms with E-state index in [0.29, 0.717) is 5.75 Å². The van der Waals surface area contributed by atoms with Crippen LogP contribution in [-0.4, -0.2) is 37.1 Å². The van der Waals surface area contributed by atoms with Gasteiger partial charge in [-0.05, 0) is 20.3 Å². The monoisotopic (exact) mass is 302 g/mol. The molecule has 2 N–H and O–H groups in total. The molecule has 0 amide bonds. The number of hydrogen-bond acceptors (Lipinski definition) is 5. The van der Waals surface area contributed by atoms with E-state index in [-0.39, 0.29) is 17.7 Å². The molecule has 0 radical (unpaired) electrons. The van der Waals surface area contributed by atoms with Gasteiger partial charge in [-0.3, -0.25) is 9.78 Å². The second kappa shape index (κ2) is 6.19. The first kappa shape index (κ1) is 16.4. The van der Waals surface area contributed by atoms with Crippen LogP contribution in [0, 0.1) is 0 Å². The van der Waals surface area contributed by atoms with Crippen molar-refractivity contribution in [1.29, 1.82) is 0 Å². The molecular formula is C12H18N2O5S. The van der Waals surface area contributed by atoms with E-state index in [4.69, 9.17) is 9.84 Å². The maximum Gasteiger partial charge on any atom is 0.303 e. The average Bonchev–Trinajstić information content (AvgIpc) is 2.35. The lowest BCUT2D eigenvalue weighted by Crippen LogP contribution is -2.43. The van der Waals surface area contributed by atoms with E-state index in [1.807, 2.05) is 0 Å². The Balaban J connectivity index is 2.90. The van der Waals surface area contributed by atoms with Gasteiger partial charge >= 0.3 is 5.97 Å². The van der Waals surface area contributed by atoms with E-state index >= 15 is 0 Å². The van der Waals surface area contributed by atoms with Gasteiger partial charge in [-0.2, -0.15) is 0 Å². The number of carboxylic acid groups (broad SMARTS) is 1. The van der Waals surface area contributed by atoms with E-state index in [1.54, 1.807) is 13.8 Å². The van der Waals surface area contributed by atoms with Crippen LogP contribution in [-0.2, 0) is 14.8 Å². The van der Waals surface area contributed by atoms with Crippen LogP contribution in [0.4, 0.5) is 0 Å². The van der Waals surface area contributed by atoms with E-state index in [2.05, 4.69) is 9.71 Å². The lowest BCUT2D eigenvalue weighted by atomic mass is 10.0. The number of rotatable bonds is 7. The summed E-state index contributed by atoms with van der Waals surface area (Å²) in [5.74, 6) is -0.642. The number of nitrogens with one attached hydrogen (secondary N) is 1. The second-order valence-corrected chi connectivity index (χ2v) is 6.63. The lowest BCUT2D eigenvalue weighted by molar-refractivity contribution is -0.137. The third-order valence-corrected chi connectivity index (χ3v) is 4.27. The molecule has 0 aliphatic heterocycles. The van der Waals surface area contributed by atoms with Crippen LogP contribution in [0.3, 0.4) is 0 Å². The summed E-state index contributed by atoms with van der Waals surface area (Å²) in [4.78, 5) is 14.3. The molecule has 20 heavy (non-hydrogen) atoms. The zero-order valence-corrected chi connectivity index (χ0v) is 12.4. The summed E-state index contributed by atoms with van der Waals surface area (Å²) in [6, 6.07) is 1.35. The van der Waals surface area contributed by atoms with Crippen LogP contribution in [0.5, 0.6) is 5.75 Å². The Morgan fingerprint density at radius 1 is 1.45 bits per heavy atom. The summed E-state index contributed by atoms with van der Waals surface area (Å²) >= 11 is 0. The van der Waals surface area contributed by atoms with Crippen molar-refractivity contribution in [2.75, 3.05) is 7.11 Å². The fourth-order valence-corrected chi connectivity index (χ4v) is 2.97. The maximum absolute atomic E-state index is 12.2. The second-order valence-electron chi connectivity index (χ2n) is 4.94. The Bertz CT molecular complexity index is 583. The summed E-state index contributed by atoms with van der Waals surface area (Å²) < 4.78 is 31.8. The molecule has 0 bridgehead atoms. The van der Waals surface area contributed by atoms with Crippen LogP contribution < -0.4 is 9.46 Å². The van der Waals surface area contributed by atoms with Crippen LogP contribution >= 0.6 is 0 Å². The number of methoxy groups -OCH3 is 1. The van der Waals surface area contributed by atoms with Gasteiger partial charge in [0.15, 0.2) is 0 Å². The number of sulfonamides is 1. The topological polar surface area (TPSA) is 106 Å². The zero-order chi connectivity index (χ0) is 15.4. The number of carboxylic acids is 1. The zero-order valence-electron chi connectivity index (χ0n) is 11.6. The molecule has 0 spiro atoms. The van der Waals surface area contributed by atoms with E-state index < -0.39 is 21.5 Å². The van der Waals surface area contributed by atoms with Crippen LogP contribution in [0.2, 0.25) is 0 Å². The number of aliphatic carboxylic acids is 1. The highest BCUT2D eigenvalue weighted by Crippen LogP contribution is 2.19. The first-order valence-electron chi connectivity index (χ1n) is 5.91. The largest absolute Gasteiger partial charge is 0.495 e. The maximum atomic E-state index is 12.2. The van der Waals surface area contributed by atoms with Crippen molar-refractivity contribution in [2.45, 2.75) is 37.1 Å². The Morgan fingerprint density at radius 2 is 2.10 bits per heavy atom. The van der Waals surface area contributed by atoms with E-state index in [9.17, 15) is 13.2 Å². The molecule has 0 aliphatic carbocycles. The average molecular weight is 302 g/mol. The summed E-state index contributed by atoms with van der Waals surface area (Å²) in [7, 11) is -2.37. The minimum Gasteiger partial charge on any atom is -0.495 e. The number of ether oxygens (including phenoxy) is 1. The molecule has 0 aromatic carbocycles. The van der Waals surface area contributed by atoms with Crippen molar-refractivity contribution in [3.8, 4) is 5.75 Å². The van der Waals surface area contributed by atoms with Crippen LogP contribution in [0.25, 0.3) is 0 Å². The standard InChI is InChI=1S/C12H18N2O5S/c1-12(2,5-4-11(15)16)14-20(17,18)10-6-9(19-3)7-13-8-10/h6-8,14H,4-5H2,1-3H3,(H,15,16). The van der Waals surface area contributed by atoms with Gasteiger partial charge in [0.1, 0.15) is 10.6 Å². The summed E-state index contributed by atoms with van der Waals surface area (Å²) in [6.07, 6.45) is 2.66. The number of aromatic nitrogens is 1. The highest BCUT2D eigenvalue weighted by atomic mass is 32.2. The smallest absolute Gasteiger partial charge is 0.303 e. The third kappa shape index (κ3) is 4.78. The Labute approximate surface area is 118 Å². The molecule has 8 heteroatoms. The number of nitrogens with zero attached hydrogens (tertiary/aromatic N) is 1. The number of pyridine rings is 1. The predicted octanol–water partition coefficient (Wildman–Crippen LogP) is 1.01.